The van der Waals surface area contributed by atoms with Crippen molar-refractivity contribution in [3.05, 3.63) is 59.2 Å². The highest BCUT2D eigenvalue weighted by Gasteiger charge is 2.38. The Morgan fingerprint density at radius 1 is 0.974 bits per heavy atom. The number of nitrogens with zero attached hydrogens (tertiary/aromatic N) is 1. The van der Waals surface area contributed by atoms with E-state index in [4.69, 9.17) is 4.74 Å². The first-order valence-corrected chi connectivity index (χ1v) is 13.7. The minimum Gasteiger partial charge on any atom is -0.508 e. The van der Waals surface area contributed by atoms with Gasteiger partial charge in [0.25, 0.3) is 5.91 Å². The normalized spacial score (nSPS) is 12.9. The number of hydrogen-bond acceptors (Lipinski definition) is 5. The molecule has 3 N–H and O–H groups in total. The topological polar surface area (TPSA) is 108 Å². The smallest absolute Gasteiger partial charge is 0.408 e. The lowest BCUT2D eigenvalue weighted by Crippen LogP contribution is -2.54. The number of carbonyl (C=O) groups excluding carboxylic acids is 3. The Hall–Kier alpha value is -3.55. The molecule has 0 aliphatic rings. The van der Waals surface area contributed by atoms with Crippen LogP contribution >= 0.6 is 0 Å². The van der Waals surface area contributed by atoms with Crippen molar-refractivity contribution in [3.63, 3.8) is 0 Å². The second kappa shape index (κ2) is 14.0. The Balaban J connectivity index is 2.58. The van der Waals surface area contributed by atoms with Crippen LogP contribution < -0.4 is 10.6 Å². The van der Waals surface area contributed by atoms with Gasteiger partial charge in [-0.15, -0.1) is 0 Å². The van der Waals surface area contributed by atoms with E-state index in [0.29, 0.717) is 17.7 Å². The van der Waals surface area contributed by atoms with Crippen LogP contribution in [0.2, 0.25) is 0 Å². The molecule has 2 aromatic rings. The third-order valence-corrected chi connectivity index (χ3v) is 6.41. The number of amides is 3. The summed E-state index contributed by atoms with van der Waals surface area (Å²) < 4.78 is 5.42. The van der Waals surface area contributed by atoms with Gasteiger partial charge >= 0.3 is 6.09 Å². The van der Waals surface area contributed by atoms with Crippen LogP contribution in [0.15, 0.2) is 42.5 Å². The number of para-hydroxylation sites is 2. The summed E-state index contributed by atoms with van der Waals surface area (Å²) in [7, 11) is 0. The van der Waals surface area contributed by atoms with E-state index in [-0.39, 0.29) is 18.2 Å². The fourth-order valence-corrected chi connectivity index (χ4v) is 4.40. The largest absolute Gasteiger partial charge is 0.508 e. The average Bonchev–Trinajstić information content (AvgIpc) is 2.83. The molecule has 0 heterocycles. The minimum atomic E-state index is -1.13. The lowest BCUT2D eigenvalue weighted by Gasteiger charge is -2.36. The number of phenols is 1. The van der Waals surface area contributed by atoms with Gasteiger partial charge in [0.15, 0.2) is 0 Å². The molecule has 0 saturated carbocycles. The molecule has 214 valence electrons. The number of hydrogen-bond donors (Lipinski definition) is 3. The summed E-state index contributed by atoms with van der Waals surface area (Å²) in [5, 5.41) is 16.6. The van der Waals surface area contributed by atoms with Crippen LogP contribution in [0.4, 0.5) is 10.5 Å². The maximum Gasteiger partial charge on any atom is 0.408 e. The number of unbranched alkanes of at least 4 members (excludes halogenated alkanes) is 2. The van der Waals surface area contributed by atoms with E-state index in [1.807, 2.05) is 45.9 Å². The van der Waals surface area contributed by atoms with E-state index in [1.165, 1.54) is 11.0 Å². The van der Waals surface area contributed by atoms with Crippen LogP contribution in [0.25, 0.3) is 0 Å². The monoisotopic (exact) mass is 539 g/mol. The molecule has 2 unspecified atom stereocenters. The molecule has 3 amide bonds. The van der Waals surface area contributed by atoms with E-state index < -0.39 is 35.6 Å². The van der Waals surface area contributed by atoms with E-state index in [1.54, 1.807) is 39.0 Å². The highest BCUT2D eigenvalue weighted by Crippen LogP contribution is 2.32. The van der Waals surface area contributed by atoms with E-state index >= 15 is 0 Å². The van der Waals surface area contributed by atoms with Gasteiger partial charge in [-0.25, -0.2) is 4.79 Å². The molecule has 39 heavy (non-hydrogen) atoms. The van der Waals surface area contributed by atoms with Crippen molar-refractivity contribution in [2.45, 2.75) is 92.3 Å². The number of aryl methyl sites for hydroxylation is 2. The predicted octanol–water partition coefficient (Wildman–Crippen LogP) is 6.26. The fourth-order valence-electron chi connectivity index (χ4n) is 4.40. The quantitative estimate of drug-likeness (QED) is 0.292. The van der Waals surface area contributed by atoms with Crippen LogP contribution in [-0.2, 0) is 14.3 Å². The van der Waals surface area contributed by atoms with Gasteiger partial charge in [0, 0.05) is 17.8 Å². The van der Waals surface area contributed by atoms with Gasteiger partial charge in [-0.3, -0.25) is 9.59 Å². The molecule has 0 aromatic heterocycles. The van der Waals surface area contributed by atoms with Crippen LogP contribution in [0, 0.1) is 19.8 Å². The highest BCUT2D eigenvalue weighted by molar-refractivity contribution is 6.00. The van der Waals surface area contributed by atoms with Crippen LogP contribution in [-0.4, -0.2) is 46.1 Å². The Bertz CT molecular complexity index is 1120. The molecule has 8 nitrogen and oxygen atoms in total. The van der Waals surface area contributed by atoms with Crippen molar-refractivity contribution in [1.82, 2.24) is 10.2 Å². The van der Waals surface area contributed by atoms with Gasteiger partial charge in [-0.1, -0.05) is 70.0 Å². The molecule has 0 bridgehead atoms. The first-order valence-electron chi connectivity index (χ1n) is 13.7. The van der Waals surface area contributed by atoms with Gasteiger partial charge in [-0.05, 0) is 64.2 Å². The molecule has 8 heteroatoms. The van der Waals surface area contributed by atoms with Crippen LogP contribution in [0.5, 0.6) is 5.75 Å². The number of alkyl carbamates (subject to hydrolysis) is 1. The predicted molar refractivity (Wildman–Crippen MR) is 155 cm³/mol. The molecule has 2 rings (SSSR count). The summed E-state index contributed by atoms with van der Waals surface area (Å²) in [4.78, 5) is 42.4. The SMILES string of the molecule is CCCCCN(C(=O)C(NC(=O)OC(C)(C)C)C(C)C)C(C(=O)Nc1c(C)cccc1C)c1ccccc1O. The third kappa shape index (κ3) is 9.01. The van der Waals surface area contributed by atoms with Crippen LogP contribution in [0.1, 0.15) is 83.5 Å². The lowest BCUT2D eigenvalue weighted by atomic mass is 9.97. The second-order valence-corrected chi connectivity index (χ2v) is 11.3. The number of aromatic hydroxyl groups is 1. The molecule has 0 saturated heterocycles. The van der Waals surface area contributed by atoms with Crippen molar-refractivity contribution >= 4 is 23.6 Å². The highest BCUT2D eigenvalue weighted by atomic mass is 16.6. The number of ether oxygens (including phenoxy) is 1. The Morgan fingerprint density at radius 2 is 1.59 bits per heavy atom. The van der Waals surface area contributed by atoms with Gasteiger partial charge in [-0.2, -0.15) is 0 Å². The maximum absolute atomic E-state index is 14.2. The first-order chi connectivity index (χ1) is 18.3. The lowest BCUT2D eigenvalue weighted by molar-refractivity contribution is -0.141. The van der Waals surface area contributed by atoms with Gasteiger partial charge in [0.05, 0.1) is 0 Å². The number of anilines is 1. The number of nitrogens with one attached hydrogen (secondary N) is 2. The van der Waals surface area contributed by atoms with Gasteiger partial charge in [0.1, 0.15) is 23.4 Å². The Morgan fingerprint density at radius 3 is 2.13 bits per heavy atom. The zero-order chi connectivity index (χ0) is 29.3. The number of benzene rings is 2. The summed E-state index contributed by atoms with van der Waals surface area (Å²) >= 11 is 0. The number of rotatable bonds is 11. The van der Waals surface area contributed by atoms with Crippen molar-refractivity contribution in [2.75, 3.05) is 11.9 Å². The zero-order valence-electron chi connectivity index (χ0n) is 24.6. The Kier molecular flexibility index (Phi) is 11.4. The van der Waals surface area contributed by atoms with Crippen molar-refractivity contribution in [3.8, 4) is 5.75 Å². The maximum atomic E-state index is 14.2. The molecular weight excluding hydrogens is 494 g/mol. The molecular formula is C31H45N3O5. The summed E-state index contributed by atoms with van der Waals surface area (Å²) in [6, 6.07) is 10.2. The van der Waals surface area contributed by atoms with E-state index in [9.17, 15) is 19.5 Å². The molecule has 2 aromatic carbocycles. The number of carbonyl (C=O) groups is 3. The van der Waals surface area contributed by atoms with Gasteiger partial charge in [0.2, 0.25) is 5.91 Å². The summed E-state index contributed by atoms with van der Waals surface area (Å²) in [5.41, 5.74) is 2.01. The summed E-state index contributed by atoms with van der Waals surface area (Å²) in [6.07, 6.45) is 1.71. The summed E-state index contributed by atoms with van der Waals surface area (Å²) in [5.74, 6) is -1.24. The molecule has 0 fully saturated rings. The molecule has 0 spiro atoms. The fraction of sp³-hybridized carbons (Fsp3) is 0.516. The standard InChI is InChI=1S/C31H45N3O5/c1-9-10-13-19-34(29(37)25(20(2)3)33-30(38)39-31(6,7)8)27(23-17-11-12-18-24(23)35)28(36)32-26-21(4)15-14-16-22(26)5/h11-12,14-18,20,25,27,35H,9-10,13,19H2,1-8H3,(H,32,36)(H,33,38). The molecule has 0 aliphatic carbocycles. The third-order valence-electron chi connectivity index (χ3n) is 6.41. The average molecular weight is 540 g/mol. The molecule has 0 radical (unpaired) electrons. The Labute approximate surface area is 233 Å². The second-order valence-electron chi connectivity index (χ2n) is 11.3. The van der Waals surface area contributed by atoms with Crippen molar-refractivity contribution in [1.29, 1.82) is 0 Å². The van der Waals surface area contributed by atoms with Crippen molar-refractivity contribution < 1.29 is 24.2 Å². The van der Waals surface area contributed by atoms with Gasteiger partial charge < -0.3 is 25.4 Å². The summed E-state index contributed by atoms with van der Waals surface area (Å²) in [6.45, 7) is 15.0. The molecule has 0 aliphatic heterocycles. The van der Waals surface area contributed by atoms with E-state index in [2.05, 4.69) is 17.6 Å². The zero-order valence-corrected chi connectivity index (χ0v) is 24.6. The van der Waals surface area contributed by atoms with E-state index in [0.717, 1.165) is 24.0 Å². The minimum absolute atomic E-state index is 0.0892. The molecule has 2 atom stereocenters. The van der Waals surface area contributed by atoms with Crippen molar-refractivity contribution in [2.24, 2.45) is 5.92 Å². The number of phenolic OH excluding ortho intramolecular Hbond substituents is 1. The van der Waals surface area contributed by atoms with Crippen LogP contribution in [0.3, 0.4) is 0 Å². The first kappa shape index (κ1) is 31.7.